The zero-order valence-corrected chi connectivity index (χ0v) is 19.2. The molecule has 3 rings (SSSR count). The molecule has 0 fully saturated rings. The van der Waals surface area contributed by atoms with Gasteiger partial charge in [0.05, 0.1) is 7.11 Å². The van der Waals surface area contributed by atoms with E-state index in [-0.39, 0.29) is 0 Å². The fourth-order valence-electron chi connectivity index (χ4n) is 2.87. The molecule has 0 spiro atoms. The first kappa shape index (κ1) is 22.0. The summed E-state index contributed by atoms with van der Waals surface area (Å²) in [6.07, 6.45) is 0.939. The number of rotatable bonds is 9. The number of ether oxygens (including phenoxy) is 2. The first-order chi connectivity index (χ1) is 14.0. The third kappa shape index (κ3) is 6.65. The number of nitrogens with one attached hydrogen (secondary N) is 1. The van der Waals surface area contributed by atoms with Gasteiger partial charge in [-0.1, -0.05) is 57.3 Å². The van der Waals surface area contributed by atoms with Crippen LogP contribution in [0, 0.1) is 0 Å². The molecule has 29 heavy (non-hydrogen) atoms. The van der Waals surface area contributed by atoms with Gasteiger partial charge in [0.1, 0.15) is 18.1 Å². The molecule has 0 atom stereocenters. The first-order valence-electron chi connectivity index (χ1n) is 9.24. The molecule has 0 radical (unpaired) electrons. The summed E-state index contributed by atoms with van der Waals surface area (Å²) < 4.78 is 12.2. The van der Waals surface area contributed by atoms with Crippen LogP contribution in [0.3, 0.4) is 0 Å². The molecule has 0 aromatic heterocycles. The van der Waals surface area contributed by atoms with E-state index in [9.17, 15) is 0 Å². The van der Waals surface area contributed by atoms with Crippen LogP contribution in [0.5, 0.6) is 11.5 Å². The van der Waals surface area contributed by atoms with Crippen molar-refractivity contribution < 1.29 is 9.47 Å². The maximum atomic E-state index is 6.25. The quantitative estimate of drug-likeness (QED) is 0.336. The number of hydrogen-bond donors (Lipinski definition) is 1. The molecule has 0 aliphatic heterocycles. The molecule has 0 unspecified atom stereocenters. The standard InChI is InChI=1S/C23H22BrCl2NO2/c1-28-21-7-2-16(3-8-21)10-11-27-14-18-12-19(24)5-9-23(18)29-15-17-4-6-20(25)13-22(17)26/h2-9,12-13,27H,10-11,14-15H2,1H3. The lowest BCUT2D eigenvalue weighted by Gasteiger charge is -2.14. The summed E-state index contributed by atoms with van der Waals surface area (Å²) in [6, 6.07) is 19.6. The molecule has 0 heterocycles. The van der Waals surface area contributed by atoms with Gasteiger partial charge in [0.2, 0.25) is 0 Å². The molecule has 0 aliphatic rings. The summed E-state index contributed by atoms with van der Waals surface area (Å²) in [4.78, 5) is 0. The number of benzene rings is 3. The molecule has 3 nitrogen and oxygen atoms in total. The van der Waals surface area contributed by atoms with E-state index in [4.69, 9.17) is 32.7 Å². The molecule has 0 saturated carbocycles. The lowest BCUT2D eigenvalue weighted by atomic mass is 10.1. The Labute approximate surface area is 190 Å². The average molecular weight is 495 g/mol. The van der Waals surface area contributed by atoms with Crippen molar-refractivity contribution in [2.75, 3.05) is 13.7 Å². The second-order valence-electron chi connectivity index (χ2n) is 6.55. The summed E-state index contributed by atoms with van der Waals surface area (Å²) in [7, 11) is 1.68. The second-order valence-corrected chi connectivity index (χ2v) is 8.31. The van der Waals surface area contributed by atoms with Crippen LogP contribution in [0.4, 0.5) is 0 Å². The Morgan fingerprint density at radius 1 is 0.931 bits per heavy atom. The number of methoxy groups -OCH3 is 1. The lowest BCUT2D eigenvalue weighted by molar-refractivity contribution is 0.302. The van der Waals surface area contributed by atoms with Crippen LogP contribution in [0.25, 0.3) is 0 Å². The summed E-state index contributed by atoms with van der Waals surface area (Å²) in [5.74, 6) is 1.70. The first-order valence-corrected chi connectivity index (χ1v) is 10.8. The van der Waals surface area contributed by atoms with Crippen molar-refractivity contribution in [3.05, 3.63) is 91.9 Å². The minimum Gasteiger partial charge on any atom is -0.497 e. The molecule has 0 saturated heterocycles. The Morgan fingerprint density at radius 2 is 1.72 bits per heavy atom. The Balaban J connectivity index is 1.56. The highest BCUT2D eigenvalue weighted by Gasteiger charge is 2.08. The summed E-state index contributed by atoms with van der Waals surface area (Å²) in [6.45, 7) is 1.96. The molecular weight excluding hydrogens is 473 g/mol. The molecule has 0 bridgehead atoms. The summed E-state index contributed by atoms with van der Waals surface area (Å²) in [5.41, 5.74) is 3.25. The van der Waals surface area contributed by atoms with Gasteiger partial charge in [-0.2, -0.15) is 0 Å². The SMILES string of the molecule is COc1ccc(CCNCc2cc(Br)ccc2OCc2ccc(Cl)cc2Cl)cc1. The van der Waals surface area contributed by atoms with Crippen LogP contribution in [-0.2, 0) is 19.6 Å². The fraction of sp³-hybridized carbons (Fsp3) is 0.217. The van der Waals surface area contributed by atoms with Crippen molar-refractivity contribution in [3.8, 4) is 11.5 Å². The van der Waals surface area contributed by atoms with Crippen molar-refractivity contribution in [1.29, 1.82) is 0 Å². The third-order valence-corrected chi connectivity index (χ3v) is 5.57. The number of hydrogen-bond acceptors (Lipinski definition) is 3. The molecular formula is C23H22BrCl2NO2. The Bertz CT molecular complexity index is 948. The highest BCUT2D eigenvalue weighted by molar-refractivity contribution is 9.10. The largest absolute Gasteiger partial charge is 0.497 e. The van der Waals surface area contributed by atoms with Crippen LogP contribution in [0.15, 0.2) is 65.1 Å². The fourth-order valence-corrected chi connectivity index (χ4v) is 3.74. The molecule has 0 aliphatic carbocycles. The van der Waals surface area contributed by atoms with E-state index in [0.29, 0.717) is 23.2 Å². The van der Waals surface area contributed by atoms with Gasteiger partial charge in [0, 0.05) is 32.2 Å². The van der Waals surface area contributed by atoms with E-state index in [1.54, 1.807) is 13.2 Å². The summed E-state index contributed by atoms with van der Waals surface area (Å²) in [5, 5.41) is 4.71. The minimum atomic E-state index is 0.385. The molecule has 1 N–H and O–H groups in total. The maximum absolute atomic E-state index is 6.25. The molecule has 3 aromatic carbocycles. The monoisotopic (exact) mass is 493 g/mol. The van der Waals surface area contributed by atoms with Crippen molar-refractivity contribution in [2.45, 2.75) is 19.6 Å². The van der Waals surface area contributed by atoms with Gasteiger partial charge in [-0.3, -0.25) is 0 Å². The Hall–Kier alpha value is -1.72. The van der Waals surface area contributed by atoms with E-state index in [2.05, 4.69) is 39.4 Å². The van der Waals surface area contributed by atoms with Gasteiger partial charge in [-0.05, 0) is 61.0 Å². The van der Waals surface area contributed by atoms with E-state index in [0.717, 1.165) is 40.1 Å². The van der Waals surface area contributed by atoms with Crippen molar-refractivity contribution in [1.82, 2.24) is 5.32 Å². The topological polar surface area (TPSA) is 30.5 Å². The van der Waals surface area contributed by atoms with Crippen LogP contribution < -0.4 is 14.8 Å². The molecule has 152 valence electrons. The lowest BCUT2D eigenvalue weighted by Crippen LogP contribution is -2.17. The highest BCUT2D eigenvalue weighted by atomic mass is 79.9. The van der Waals surface area contributed by atoms with Crippen LogP contribution in [0.1, 0.15) is 16.7 Å². The van der Waals surface area contributed by atoms with Crippen molar-refractivity contribution in [2.24, 2.45) is 0 Å². The van der Waals surface area contributed by atoms with Gasteiger partial charge in [-0.25, -0.2) is 0 Å². The zero-order valence-electron chi connectivity index (χ0n) is 16.1. The van der Waals surface area contributed by atoms with E-state index in [1.165, 1.54) is 5.56 Å². The smallest absolute Gasteiger partial charge is 0.124 e. The molecule has 6 heteroatoms. The minimum absolute atomic E-state index is 0.385. The average Bonchev–Trinajstić information content (AvgIpc) is 2.72. The summed E-state index contributed by atoms with van der Waals surface area (Å²) >= 11 is 15.8. The van der Waals surface area contributed by atoms with Gasteiger partial charge >= 0.3 is 0 Å². The highest BCUT2D eigenvalue weighted by Crippen LogP contribution is 2.26. The normalized spacial score (nSPS) is 10.8. The van der Waals surface area contributed by atoms with Gasteiger partial charge in [-0.15, -0.1) is 0 Å². The maximum Gasteiger partial charge on any atom is 0.124 e. The van der Waals surface area contributed by atoms with Gasteiger partial charge in [0.25, 0.3) is 0 Å². The predicted molar refractivity (Wildman–Crippen MR) is 123 cm³/mol. The van der Waals surface area contributed by atoms with E-state index < -0.39 is 0 Å². The third-order valence-electron chi connectivity index (χ3n) is 4.49. The van der Waals surface area contributed by atoms with Crippen LogP contribution in [0.2, 0.25) is 10.0 Å². The molecule has 0 amide bonds. The van der Waals surface area contributed by atoms with E-state index in [1.807, 2.05) is 36.4 Å². The second kappa shape index (κ2) is 10.9. The van der Waals surface area contributed by atoms with Gasteiger partial charge in [0.15, 0.2) is 0 Å². The van der Waals surface area contributed by atoms with E-state index >= 15 is 0 Å². The Morgan fingerprint density at radius 3 is 2.45 bits per heavy atom. The van der Waals surface area contributed by atoms with Crippen molar-refractivity contribution >= 4 is 39.1 Å². The number of halogens is 3. The zero-order chi connectivity index (χ0) is 20.6. The van der Waals surface area contributed by atoms with Crippen LogP contribution in [-0.4, -0.2) is 13.7 Å². The van der Waals surface area contributed by atoms with Crippen molar-refractivity contribution in [3.63, 3.8) is 0 Å². The predicted octanol–water partition coefficient (Wildman–Crippen LogP) is 6.68. The Kier molecular flexibility index (Phi) is 8.25. The van der Waals surface area contributed by atoms with Crippen LogP contribution >= 0.6 is 39.1 Å². The molecule has 3 aromatic rings. The van der Waals surface area contributed by atoms with Gasteiger partial charge < -0.3 is 14.8 Å².